The topological polar surface area (TPSA) is 63.2 Å². The van der Waals surface area contributed by atoms with Crippen LogP contribution in [-0.2, 0) is 0 Å². The molecule has 0 spiro atoms. The highest BCUT2D eigenvalue weighted by Crippen LogP contribution is 2.25. The zero-order chi connectivity index (χ0) is 17.6. The maximum absolute atomic E-state index is 13.9. The molecular weight excluding hydrogens is 321 g/mol. The largest absolute Gasteiger partial charge is 0.491 e. The molecule has 0 atom stereocenters. The van der Waals surface area contributed by atoms with Gasteiger partial charge < -0.3 is 15.4 Å². The van der Waals surface area contributed by atoms with Gasteiger partial charge in [-0.1, -0.05) is 12.8 Å². The fourth-order valence-corrected chi connectivity index (χ4v) is 3.02. The van der Waals surface area contributed by atoms with Crippen molar-refractivity contribution in [2.75, 3.05) is 17.2 Å². The Balaban J connectivity index is 1.73. The highest BCUT2D eigenvalue weighted by atomic mass is 19.1. The molecule has 0 bridgehead atoms. The van der Waals surface area contributed by atoms with E-state index in [0.29, 0.717) is 29.7 Å². The molecule has 1 fully saturated rings. The number of nitrogens with one attached hydrogen (secondary N) is 2. The first-order chi connectivity index (χ1) is 12.2. The number of ether oxygens (including phenoxy) is 1. The molecule has 0 aliphatic heterocycles. The van der Waals surface area contributed by atoms with Crippen LogP contribution in [0.4, 0.5) is 15.9 Å². The van der Waals surface area contributed by atoms with E-state index >= 15 is 0 Å². The number of hydrogen-bond acceptors (Lipinski definition) is 4. The van der Waals surface area contributed by atoms with Crippen LogP contribution in [0.2, 0.25) is 0 Å². The van der Waals surface area contributed by atoms with Crippen molar-refractivity contribution in [2.45, 2.75) is 38.6 Å². The second-order valence-electron chi connectivity index (χ2n) is 6.06. The van der Waals surface area contributed by atoms with Crippen molar-refractivity contribution >= 4 is 17.4 Å². The van der Waals surface area contributed by atoms with Crippen LogP contribution in [0.5, 0.6) is 5.75 Å². The van der Waals surface area contributed by atoms with Crippen LogP contribution in [0, 0.1) is 5.82 Å². The van der Waals surface area contributed by atoms with Crippen LogP contribution < -0.4 is 15.4 Å². The van der Waals surface area contributed by atoms with Crippen LogP contribution in [0.3, 0.4) is 0 Å². The predicted octanol–water partition coefficient (Wildman–Crippen LogP) is 4.23. The number of carbonyl (C=O) groups is 1. The summed E-state index contributed by atoms with van der Waals surface area (Å²) in [6, 6.07) is 8.16. The molecule has 0 saturated heterocycles. The molecule has 5 nitrogen and oxygen atoms in total. The van der Waals surface area contributed by atoms with E-state index in [1.807, 2.05) is 0 Å². The van der Waals surface area contributed by atoms with Crippen molar-refractivity contribution < 1.29 is 13.9 Å². The van der Waals surface area contributed by atoms with Crippen molar-refractivity contribution in [3.8, 4) is 5.75 Å². The quantitative estimate of drug-likeness (QED) is 0.824. The molecule has 3 rings (SSSR count). The van der Waals surface area contributed by atoms with Gasteiger partial charge in [0, 0.05) is 24.0 Å². The number of aromatic nitrogens is 1. The molecule has 0 unspecified atom stereocenters. The molecule has 1 amide bonds. The molecule has 1 heterocycles. The van der Waals surface area contributed by atoms with Gasteiger partial charge in [-0.05, 0) is 44.0 Å². The summed E-state index contributed by atoms with van der Waals surface area (Å²) in [5.41, 5.74) is 0.824. The Labute approximate surface area is 146 Å². The SMILES string of the molecule is CCOc1ccc(NC(=O)c2cccnc2NC2CCCC2)cc1F. The predicted molar refractivity (Wildman–Crippen MR) is 95.6 cm³/mol. The van der Waals surface area contributed by atoms with Gasteiger partial charge in [0.2, 0.25) is 0 Å². The normalized spacial score (nSPS) is 14.3. The molecule has 1 aromatic carbocycles. The Hall–Kier alpha value is -2.63. The number of pyridine rings is 1. The first-order valence-corrected chi connectivity index (χ1v) is 8.62. The van der Waals surface area contributed by atoms with E-state index in [9.17, 15) is 9.18 Å². The lowest BCUT2D eigenvalue weighted by molar-refractivity contribution is 0.102. The lowest BCUT2D eigenvalue weighted by Crippen LogP contribution is -2.20. The first-order valence-electron chi connectivity index (χ1n) is 8.62. The molecule has 1 saturated carbocycles. The number of halogens is 1. The lowest BCUT2D eigenvalue weighted by Gasteiger charge is -2.16. The van der Waals surface area contributed by atoms with E-state index in [1.54, 1.807) is 31.3 Å². The second kappa shape index (κ2) is 7.96. The van der Waals surface area contributed by atoms with Gasteiger partial charge in [-0.2, -0.15) is 0 Å². The van der Waals surface area contributed by atoms with Gasteiger partial charge in [0.05, 0.1) is 12.2 Å². The first kappa shape index (κ1) is 17.2. The van der Waals surface area contributed by atoms with E-state index in [2.05, 4.69) is 15.6 Å². The molecule has 2 aromatic rings. The summed E-state index contributed by atoms with van der Waals surface area (Å²) in [7, 11) is 0. The number of anilines is 2. The van der Waals surface area contributed by atoms with Gasteiger partial charge in [-0.25, -0.2) is 9.37 Å². The van der Waals surface area contributed by atoms with Crippen LogP contribution in [-0.4, -0.2) is 23.5 Å². The van der Waals surface area contributed by atoms with Gasteiger partial charge in [-0.3, -0.25) is 4.79 Å². The Bertz CT molecular complexity index is 745. The Morgan fingerprint density at radius 3 is 2.84 bits per heavy atom. The minimum Gasteiger partial charge on any atom is -0.491 e. The van der Waals surface area contributed by atoms with E-state index < -0.39 is 5.82 Å². The Morgan fingerprint density at radius 2 is 2.12 bits per heavy atom. The number of nitrogens with zero attached hydrogens (tertiary/aromatic N) is 1. The molecule has 2 N–H and O–H groups in total. The van der Waals surface area contributed by atoms with Crippen LogP contribution >= 0.6 is 0 Å². The minimum atomic E-state index is -0.504. The van der Waals surface area contributed by atoms with Crippen molar-refractivity contribution in [3.63, 3.8) is 0 Å². The van der Waals surface area contributed by atoms with Gasteiger partial charge >= 0.3 is 0 Å². The third kappa shape index (κ3) is 4.26. The molecule has 1 aliphatic carbocycles. The van der Waals surface area contributed by atoms with E-state index in [4.69, 9.17) is 4.74 Å². The fraction of sp³-hybridized carbons (Fsp3) is 0.368. The summed E-state index contributed by atoms with van der Waals surface area (Å²) in [4.78, 5) is 16.9. The molecule has 132 valence electrons. The summed E-state index contributed by atoms with van der Waals surface area (Å²) in [6.07, 6.45) is 6.21. The van der Waals surface area contributed by atoms with Crippen LogP contribution in [0.15, 0.2) is 36.5 Å². The summed E-state index contributed by atoms with van der Waals surface area (Å²) < 4.78 is 19.1. The number of carbonyl (C=O) groups excluding carboxylic acids is 1. The van der Waals surface area contributed by atoms with Gasteiger partial charge in [0.15, 0.2) is 11.6 Å². The van der Waals surface area contributed by atoms with Gasteiger partial charge in [0.25, 0.3) is 5.91 Å². The van der Waals surface area contributed by atoms with Crippen LogP contribution in [0.25, 0.3) is 0 Å². The van der Waals surface area contributed by atoms with Crippen molar-refractivity contribution in [2.24, 2.45) is 0 Å². The zero-order valence-corrected chi connectivity index (χ0v) is 14.2. The lowest BCUT2D eigenvalue weighted by atomic mass is 10.2. The average Bonchev–Trinajstić information content (AvgIpc) is 3.11. The Kier molecular flexibility index (Phi) is 5.48. The molecule has 25 heavy (non-hydrogen) atoms. The maximum atomic E-state index is 13.9. The van der Waals surface area contributed by atoms with Gasteiger partial charge in [0.1, 0.15) is 5.82 Å². The second-order valence-corrected chi connectivity index (χ2v) is 6.06. The average molecular weight is 343 g/mol. The van der Waals surface area contributed by atoms with Crippen LogP contribution in [0.1, 0.15) is 43.0 Å². The Morgan fingerprint density at radius 1 is 1.32 bits per heavy atom. The highest BCUT2D eigenvalue weighted by Gasteiger charge is 2.19. The van der Waals surface area contributed by atoms with Crippen molar-refractivity contribution in [1.29, 1.82) is 0 Å². The number of benzene rings is 1. The third-order valence-corrected chi connectivity index (χ3v) is 4.24. The van der Waals surface area contributed by atoms with Crippen molar-refractivity contribution in [1.82, 2.24) is 4.98 Å². The molecule has 6 heteroatoms. The number of rotatable bonds is 6. The van der Waals surface area contributed by atoms with E-state index in [0.717, 1.165) is 12.8 Å². The monoisotopic (exact) mass is 343 g/mol. The standard InChI is InChI=1S/C19H22FN3O2/c1-2-25-17-10-9-14(12-16(17)20)23-19(24)15-8-5-11-21-18(15)22-13-6-3-4-7-13/h5,8-13H,2-4,6-7H2,1H3,(H,21,22)(H,23,24). The maximum Gasteiger partial charge on any atom is 0.259 e. The van der Waals surface area contributed by atoms with Gasteiger partial charge in [-0.15, -0.1) is 0 Å². The molecular formula is C19H22FN3O2. The summed E-state index contributed by atoms with van der Waals surface area (Å²) in [5, 5.41) is 6.07. The number of amides is 1. The summed E-state index contributed by atoms with van der Waals surface area (Å²) in [5.74, 6) is -0.0870. The highest BCUT2D eigenvalue weighted by molar-refractivity contribution is 6.07. The van der Waals surface area contributed by atoms with E-state index in [-0.39, 0.29) is 11.7 Å². The summed E-state index contributed by atoms with van der Waals surface area (Å²) >= 11 is 0. The van der Waals surface area contributed by atoms with E-state index in [1.165, 1.54) is 25.0 Å². The fourth-order valence-electron chi connectivity index (χ4n) is 3.02. The summed E-state index contributed by atoms with van der Waals surface area (Å²) in [6.45, 7) is 2.17. The molecule has 1 aromatic heterocycles. The van der Waals surface area contributed by atoms with Crippen molar-refractivity contribution in [3.05, 3.63) is 47.9 Å². The number of hydrogen-bond donors (Lipinski definition) is 2. The third-order valence-electron chi connectivity index (χ3n) is 4.24. The zero-order valence-electron chi connectivity index (χ0n) is 14.2. The molecule has 1 aliphatic rings. The smallest absolute Gasteiger partial charge is 0.259 e. The minimum absolute atomic E-state index is 0.172. The molecule has 0 radical (unpaired) electrons.